The third kappa shape index (κ3) is 1.59. The van der Waals surface area contributed by atoms with Crippen molar-refractivity contribution in [2.24, 2.45) is 5.16 Å². The zero-order chi connectivity index (χ0) is 9.14. The summed E-state index contributed by atoms with van der Waals surface area (Å²) in [5, 5.41) is 24.3. The fourth-order valence-electron chi connectivity index (χ4n) is 0.626. The number of carbonyl (C=O) groups excluding carboxylic acids is 1. The van der Waals surface area contributed by atoms with Crippen molar-refractivity contribution in [2.75, 3.05) is 0 Å². The Bertz CT molecular complexity index is 331. The van der Waals surface area contributed by atoms with Crippen LogP contribution in [0, 0.1) is 12.1 Å². The van der Waals surface area contributed by atoms with Crippen LogP contribution in [0.5, 0.6) is 0 Å². The van der Waals surface area contributed by atoms with Gasteiger partial charge >= 0.3 is 0 Å². The molecule has 5 nitrogen and oxygen atoms in total. The summed E-state index contributed by atoms with van der Waals surface area (Å²) in [6.07, 6.45) is 0. The van der Waals surface area contributed by atoms with Crippen LogP contribution < -0.4 is 5.11 Å². The van der Waals surface area contributed by atoms with Crippen LogP contribution >= 0.6 is 11.3 Å². The molecule has 0 unspecified atom stereocenters. The Morgan fingerprint density at radius 3 is 2.75 bits per heavy atom. The molecule has 0 saturated heterocycles. The van der Waals surface area contributed by atoms with Crippen LogP contribution in [0.1, 0.15) is 10.7 Å². The Morgan fingerprint density at radius 2 is 2.42 bits per heavy atom. The van der Waals surface area contributed by atoms with Crippen LogP contribution in [0.15, 0.2) is 10.5 Å². The van der Waals surface area contributed by atoms with Crippen LogP contribution in [0.2, 0.25) is 0 Å². The second-order valence-corrected chi connectivity index (χ2v) is 2.88. The molecule has 0 aliphatic carbocycles. The third-order valence-corrected chi connectivity index (χ3v) is 2.07. The predicted octanol–water partition coefficient (Wildman–Crippen LogP) is -0.512. The Hall–Kier alpha value is -1.43. The molecule has 1 aromatic rings. The molecule has 6 heteroatoms. The van der Waals surface area contributed by atoms with Gasteiger partial charge in [-0.15, -0.1) is 11.3 Å². The molecular weight excluding hydrogens is 180 g/mol. The smallest absolute Gasteiger partial charge is 0.143 e. The second kappa shape index (κ2) is 3.31. The van der Waals surface area contributed by atoms with Crippen molar-refractivity contribution in [1.29, 1.82) is 0 Å². The molecule has 0 bridgehead atoms. The SMILES string of the molecule is Cc1csc(/C(=N\[O-])C(=O)[O-])n1. The van der Waals surface area contributed by atoms with Crippen molar-refractivity contribution in [3.05, 3.63) is 21.3 Å². The van der Waals surface area contributed by atoms with Gasteiger partial charge in [-0.1, -0.05) is 0 Å². The molecule has 0 atom stereocenters. The quantitative estimate of drug-likeness (QED) is 0.457. The maximum atomic E-state index is 10.3. The number of rotatable bonds is 2. The van der Waals surface area contributed by atoms with Crippen molar-refractivity contribution in [3.63, 3.8) is 0 Å². The van der Waals surface area contributed by atoms with Crippen LogP contribution in [-0.4, -0.2) is 16.7 Å². The van der Waals surface area contributed by atoms with Crippen molar-refractivity contribution < 1.29 is 9.90 Å². The molecule has 0 aliphatic heterocycles. The Balaban J connectivity index is 3.04. The monoisotopic (exact) mass is 184 g/mol. The van der Waals surface area contributed by atoms with Gasteiger partial charge in [-0.25, -0.2) is 4.98 Å². The van der Waals surface area contributed by atoms with Crippen LogP contribution in [0.25, 0.3) is 0 Å². The van der Waals surface area contributed by atoms with Gasteiger partial charge in [-0.05, 0) is 6.92 Å². The average molecular weight is 184 g/mol. The Morgan fingerprint density at radius 1 is 1.75 bits per heavy atom. The molecule has 1 heterocycles. The van der Waals surface area contributed by atoms with Gasteiger partial charge < -0.3 is 20.3 Å². The minimum absolute atomic E-state index is 0.0856. The maximum absolute atomic E-state index is 10.3. The van der Waals surface area contributed by atoms with Crippen molar-refractivity contribution in [1.82, 2.24) is 4.98 Å². The van der Waals surface area contributed by atoms with Crippen molar-refractivity contribution >= 4 is 23.0 Å². The fourth-order valence-corrected chi connectivity index (χ4v) is 1.39. The molecule has 0 radical (unpaired) electrons. The van der Waals surface area contributed by atoms with E-state index in [2.05, 4.69) is 10.1 Å². The van der Waals surface area contributed by atoms with Gasteiger partial charge in [0, 0.05) is 11.1 Å². The van der Waals surface area contributed by atoms with E-state index in [9.17, 15) is 15.1 Å². The lowest BCUT2D eigenvalue weighted by atomic mass is 10.4. The summed E-state index contributed by atoms with van der Waals surface area (Å²) in [5.74, 6) is -1.60. The lowest BCUT2D eigenvalue weighted by molar-refractivity contribution is -0.294. The Labute approximate surface area is 72.0 Å². The molecule has 64 valence electrons. The molecule has 0 N–H and O–H groups in total. The summed E-state index contributed by atoms with van der Waals surface area (Å²) in [4.78, 5) is 14.0. The zero-order valence-electron chi connectivity index (χ0n) is 6.10. The first-order valence-corrected chi connectivity index (χ1v) is 3.87. The number of hydrogen-bond acceptors (Lipinski definition) is 6. The molecule has 0 aliphatic rings. The van der Waals surface area contributed by atoms with Gasteiger partial charge in [-0.3, -0.25) is 0 Å². The van der Waals surface area contributed by atoms with Crippen LogP contribution in [0.3, 0.4) is 0 Å². The fraction of sp³-hybridized carbons (Fsp3) is 0.167. The molecule has 1 rings (SSSR count). The highest BCUT2D eigenvalue weighted by molar-refractivity contribution is 7.12. The zero-order valence-corrected chi connectivity index (χ0v) is 6.92. The summed E-state index contributed by atoms with van der Waals surface area (Å²) in [5.41, 5.74) is 0.00509. The van der Waals surface area contributed by atoms with E-state index in [4.69, 9.17) is 0 Å². The second-order valence-electron chi connectivity index (χ2n) is 2.02. The minimum Gasteiger partial charge on any atom is -0.791 e. The molecule has 0 saturated carbocycles. The number of aryl methyl sites for hydroxylation is 1. The van der Waals surface area contributed by atoms with Crippen molar-refractivity contribution in [2.45, 2.75) is 6.92 Å². The lowest BCUT2D eigenvalue weighted by Gasteiger charge is -2.04. The highest BCUT2D eigenvalue weighted by atomic mass is 32.1. The number of carboxylic acids is 1. The minimum atomic E-state index is -1.60. The standard InChI is InChI=1S/C6H6N2O3S/c1-3-2-12-5(7-3)4(8-11)6(9)10/h2,11H,1H3,(H,9,10)/p-2/b8-4+. The number of carboxylic acid groups (broad SMARTS) is 1. The predicted molar refractivity (Wildman–Crippen MR) is 41.8 cm³/mol. The lowest BCUT2D eigenvalue weighted by Crippen LogP contribution is -2.32. The molecular formula is C6H4N2O3S-2. The van der Waals surface area contributed by atoms with Gasteiger partial charge in [0.25, 0.3) is 0 Å². The average Bonchev–Trinajstić information content (AvgIpc) is 2.37. The summed E-state index contributed by atoms with van der Waals surface area (Å²) in [6.45, 7) is 1.69. The summed E-state index contributed by atoms with van der Waals surface area (Å²) in [6, 6.07) is 0. The van der Waals surface area contributed by atoms with E-state index in [1.54, 1.807) is 12.3 Å². The summed E-state index contributed by atoms with van der Waals surface area (Å²) < 4.78 is 0. The molecule has 1 aromatic heterocycles. The number of aliphatic carboxylic acids is 1. The van der Waals surface area contributed by atoms with Gasteiger partial charge in [0.05, 0.1) is 5.97 Å². The number of aromatic nitrogens is 1. The van der Waals surface area contributed by atoms with Gasteiger partial charge in [0.15, 0.2) is 0 Å². The summed E-state index contributed by atoms with van der Waals surface area (Å²) in [7, 11) is 0. The first kappa shape index (κ1) is 8.66. The largest absolute Gasteiger partial charge is 0.791 e. The first-order valence-electron chi connectivity index (χ1n) is 2.99. The number of nitrogens with zero attached hydrogens (tertiary/aromatic N) is 2. The van der Waals surface area contributed by atoms with E-state index in [1.165, 1.54) is 0 Å². The molecule has 0 spiro atoms. The maximum Gasteiger partial charge on any atom is 0.143 e. The van der Waals surface area contributed by atoms with Crippen LogP contribution in [-0.2, 0) is 4.79 Å². The van der Waals surface area contributed by atoms with E-state index < -0.39 is 11.7 Å². The normalized spacial score (nSPS) is 11.6. The van der Waals surface area contributed by atoms with Gasteiger partial charge in [0.1, 0.15) is 10.7 Å². The van der Waals surface area contributed by atoms with Gasteiger partial charge in [0.2, 0.25) is 0 Å². The number of carbonyl (C=O) groups is 1. The molecule has 0 amide bonds. The topological polar surface area (TPSA) is 88.4 Å². The molecule has 0 fully saturated rings. The van der Waals surface area contributed by atoms with Gasteiger partial charge in [-0.2, -0.15) is 0 Å². The first-order chi connectivity index (χ1) is 5.65. The van der Waals surface area contributed by atoms with Crippen molar-refractivity contribution in [3.8, 4) is 0 Å². The van der Waals surface area contributed by atoms with E-state index in [-0.39, 0.29) is 5.01 Å². The van der Waals surface area contributed by atoms with E-state index in [0.717, 1.165) is 11.3 Å². The van der Waals surface area contributed by atoms with E-state index in [0.29, 0.717) is 5.69 Å². The van der Waals surface area contributed by atoms with E-state index in [1.807, 2.05) is 0 Å². The molecule has 0 aromatic carbocycles. The Kier molecular flexibility index (Phi) is 2.39. The van der Waals surface area contributed by atoms with Crippen LogP contribution in [0.4, 0.5) is 0 Å². The summed E-state index contributed by atoms with van der Waals surface area (Å²) >= 11 is 1.05. The number of hydrogen-bond donors (Lipinski definition) is 0. The number of thiazole rings is 1. The highest BCUT2D eigenvalue weighted by Gasteiger charge is 2.06. The highest BCUT2D eigenvalue weighted by Crippen LogP contribution is 2.09. The third-order valence-electron chi connectivity index (χ3n) is 1.11. The van der Waals surface area contributed by atoms with E-state index >= 15 is 0 Å². The molecule has 12 heavy (non-hydrogen) atoms.